The van der Waals surface area contributed by atoms with Crippen LogP contribution in [0.4, 0.5) is 23.2 Å². The van der Waals surface area contributed by atoms with Crippen LogP contribution in [0.15, 0.2) is 53.7 Å². The maximum absolute atomic E-state index is 14.1. The quantitative estimate of drug-likeness (QED) is 0.193. The van der Waals surface area contributed by atoms with E-state index in [2.05, 4.69) is 15.8 Å². The minimum Gasteiger partial charge on any atom is -0.393 e. The molecule has 3 aromatic rings. The van der Waals surface area contributed by atoms with Gasteiger partial charge in [0, 0.05) is 13.1 Å². The van der Waals surface area contributed by atoms with Crippen molar-refractivity contribution < 1.29 is 32.2 Å². The molecule has 4 rings (SSSR count). The van der Waals surface area contributed by atoms with E-state index in [1.54, 1.807) is 18.2 Å². The molecule has 11 heteroatoms. The van der Waals surface area contributed by atoms with Gasteiger partial charge in [-0.2, -0.15) is 13.2 Å². The third kappa shape index (κ3) is 7.16. The Morgan fingerprint density at radius 2 is 1.94 bits per heavy atom. The van der Waals surface area contributed by atoms with E-state index in [1.807, 2.05) is 30.3 Å². The standard InChI is InChI=1S/C25H27F4N3O3S/c26-20-10-30-11-22(20)32-21-8-4-7-18-19(9-25(27,28)29)23(36-24(18)21)12-31-35-15-17(33)14-34-13-16-5-2-1-3-6-16/h1-8,12,17,20,22,30,32-33H,9-11,13-15H2/b31-12+/t17?,20-,22+/m0/s1. The number of rotatable bonds is 11. The van der Waals surface area contributed by atoms with Gasteiger partial charge in [0.05, 0.1) is 47.2 Å². The van der Waals surface area contributed by atoms with Gasteiger partial charge in [0.2, 0.25) is 0 Å². The number of fused-ring (bicyclic) bond motifs is 1. The van der Waals surface area contributed by atoms with E-state index in [1.165, 1.54) is 6.21 Å². The SMILES string of the molecule is OC(COCc1ccccc1)CO/N=C/c1sc2c(N[C@@H]3CNC[C@@H]3F)cccc2c1CC(F)(F)F. The number of aliphatic hydroxyl groups excluding tert-OH is 1. The first-order valence-corrected chi connectivity index (χ1v) is 12.3. The predicted molar refractivity (Wildman–Crippen MR) is 132 cm³/mol. The summed E-state index contributed by atoms with van der Waals surface area (Å²) in [5.41, 5.74) is 1.61. The van der Waals surface area contributed by atoms with Crippen LogP contribution in [0.2, 0.25) is 0 Å². The number of alkyl halides is 4. The zero-order valence-corrected chi connectivity index (χ0v) is 20.1. The molecule has 0 bridgehead atoms. The Balaban J connectivity index is 1.42. The highest BCUT2D eigenvalue weighted by Gasteiger charge is 2.32. The molecule has 0 saturated carbocycles. The summed E-state index contributed by atoms with van der Waals surface area (Å²) in [4.78, 5) is 5.41. The average Bonchev–Trinajstić information content (AvgIpc) is 3.40. The van der Waals surface area contributed by atoms with Crippen molar-refractivity contribution in [3.05, 3.63) is 64.5 Å². The molecule has 1 aromatic heterocycles. The third-order valence-corrected chi connectivity index (χ3v) is 6.86. The molecule has 0 radical (unpaired) electrons. The molecule has 1 fully saturated rings. The van der Waals surface area contributed by atoms with Crippen molar-refractivity contribution >= 4 is 33.3 Å². The number of nitrogens with zero attached hydrogens (tertiary/aromatic N) is 1. The fourth-order valence-corrected chi connectivity index (χ4v) is 5.09. The van der Waals surface area contributed by atoms with Crippen LogP contribution in [-0.2, 0) is 22.6 Å². The fraction of sp³-hybridized carbons (Fsp3) is 0.400. The van der Waals surface area contributed by atoms with Crippen LogP contribution in [-0.4, -0.2) is 62.1 Å². The molecule has 36 heavy (non-hydrogen) atoms. The highest BCUT2D eigenvalue weighted by Crippen LogP contribution is 2.39. The summed E-state index contributed by atoms with van der Waals surface area (Å²) >= 11 is 1.12. The number of halogens is 4. The first-order chi connectivity index (χ1) is 17.3. The Kier molecular flexibility index (Phi) is 8.78. The Bertz CT molecular complexity index is 1160. The number of anilines is 1. The van der Waals surface area contributed by atoms with Gasteiger partial charge in [-0.1, -0.05) is 47.6 Å². The van der Waals surface area contributed by atoms with Crippen LogP contribution >= 0.6 is 11.3 Å². The third-order valence-electron chi connectivity index (χ3n) is 5.64. The van der Waals surface area contributed by atoms with Gasteiger partial charge >= 0.3 is 6.18 Å². The van der Waals surface area contributed by atoms with Gasteiger partial charge in [0.15, 0.2) is 0 Å². The maximum Gasteiger partial charge on any atom is 0.393 e. The number of aliphatic hydroxyl groups is 1. The van der Waals surface area contributed by atoms with Crippen LogP contribution in [0.1, 0.15) is 16.0 Å². The first-order valence-electron chi connectivity index (χ1n) is 11.5. The lowest BCUT2D eigenvalue weighted by molar-refractivity contribution is -0.126. The highest BCUT2D eigenvalue weighted by atomic mass is 32.1. The molecule has 6 nitrogen and oxygen atoms in total. The van der Waals surface area contributed by atoms with E-state index in [0.717, 1.165) is 16.9 Å². The van der Waals surface area contributed by atoms with Crippen molar-refractivity contribution in [3.63, 3.8) is 0 Å². The van der Waals surface area contributed by atoms with Crippen molar-refractivity contribution in [1.29, 1.82) is 0 Å². The van der Waals surface area contributed by atoms with Crippen molar-refractivity contribution in [1.82, 2.24) is 5.32 Å². The summed E-state index contributed by atoms with van der Waals surface area (Å²) in [5, 5.41) is 20.3. The predicted octanol–water partition coefficient (Wildman–Crippen LogP) is 4.66. The Morgan fingerprint density at radius 3 is 2.67 bits per heavy atom. The first kappa shape index (κ1) is 26.3. The molecule has 2 aromatic carbocycles. The van der Waals surface area contributed by atoms with Crippen molar-refractivity contribution in [2.45, 2.75) is 37.5 Å². The second-order valence-electron chi connectivity index (χ2n) is 8.53. The minimum absolute atomic E-state index is 0.0211. The van der Waals surface area contributed by atoms with Crippen molar-refractivity contribution in [2.75, 3.05) is 31.6 Å². The van der Waals surface area contributed by atoms with Gasteiger partial charge in [-0.25, -0.2) is 4.39 Å². The number of ether oxygens (including phenoxy) is 1. The number of hydrogen-bond acceptors (Lipinski definition) is 7. The molecule has 1 aliphatic rings. The largest absolute Gasteiger partial charge is 0.393 e. The van der Waals surface area contributed by atoms with Crippen molar-refractivity contribution in [3.8, 4) is 0 Å². The van der Waals surface area contributed by atoms with E-state index in [-0.39, 0.29) is 30.2 Å². The van der Waals surface area contributed by atoms with E-state index >= 15 is 0 Å². The Labute approximate surface area is 209 Å². The molecule has 1 aliphatic heterocycles. The summed E-state index contributed by atoms with van der Waals surface area (Å²) in [7, 11) is 0. The van der Waals surface area contributed by atoms with Crippen LogP contribution in [0.3, 0.4) is 0 Å². The van der Waals surface area contributed by atoms with Crippen LogP contribution in [0.25, 0.3) is 10.1 Å². The number of hydrogen-bond donors (Lipinski definition) is 3. The summed E-state index contributed by atoms with van der Waals surface area (Å²) in [6, 6.07) is 14.0. The summed E-state index contributed by atoms with van der Waals surface area (Å²) in [6.45, 7) is 0.839. The summed E-state index contributed by atoms with van der Waals surface area (Å²) < 4.78 is 60.2. The number of thiophene rings is 1. The molecule has 0 spiro atoms. The van der Waals surface area contributed by atoms with Gasteiger partial charge in [-0.3, -0.25) is 0 Å². The van der Waals surface area contributed by atoms with Crippen LogP contribution in [0.5, 0.6) is 0 Å². The second kappa shape index (κ2) is 12.0. The number of oxime groups is 1. The summed E-state index contributed by atoms with van der Waals surface area (Å²) in [5.74, 6) is 0. The number of nitrogens with one attached hydrogen (secondary N) is 2. The van der Waals surface area contributed by atoms with Crippen LogP contribution in [0, 0.1) is 0 Å². The van der Waals surface area contributed by atoms with E-state index in [9.17, 15) is 22.7 Å². The van der Waals surface area contributed by atoms with E-state index < -0.39 is 30.9 Å². The van der Waals surface area contributed by atoms with Crippen LogP contribution < -0.4 is 10.6 Å². The van der Waals surface area contributed by atoms with Crippen molar-refractivity contribution in [2.24, 2.45) is 5.16 Å². The normalized spacial score (nSPS) is 19.2. The molecule has 0 amide bonds. The lowest BCUT2D eigenvalue weighted by Crippen LogP contribution is -2.29. The zero-order chi connectivity index (χ0) is 25.5. The molecule has 1 saturated heterocycles. The molecule has 3 N–H and O–H groups in total. The monoisotopic (exact) mass is 525 g/mol. The fourth-order valence-electron chi connectivity index (χ4n) is 3.93. The van der Waals surface area contributed by atoms with E-state index in [0.29, 0.717) is 28.9 Å². The molecule has 1 unspecified atom stereocenters. The molecule has 3 atom stereocenters. The maximum atomic E-state index is 14.1. The lowest BCUT2D eigenvalue weighted by Gasteiger charge is -2.16. The Hall–Kier alpha value is -2.73. The van der Waals surface area contributed by atoms with Gasteiger partial charge in [-0.05, 0) is 22.6 Å². The Morgan fingerprint density at radius 1 is 1.14 bits per heavy atom. The van der Waals surface area contributed by atoms with Gasteiger partial charge in [-0.15, -0.1) is 11.3 Å². The highest BCUT2D eigenvalue weighted by molar-refractivity contribution is 7.21. The summed E-state index contributed by atoms with van der Waals surface area (Å²) in [6.07, 6.45) is -6.38. The van der Waals surface area contributed by atoms with E-state index in [4.69, 9.17) is 9.57 Å². The molecule has 0 aliphatic carbocycles. The van der Waals surface area contributed by atoms with Gasteiger partial charge < -0.3 is 25.3 Å². The molecular formula is C25H27F4N3O3S. The molecular weight excluding hydrogens is 498 g/mol. The van der Waals surface area contributed by atoms with Gasteiger partial charge in [0.1, 0.15) is 18.9 Å². The van der Waals surface area contributed by atoms with Gasteiger partial charge in [0.25, 0.3) is 0 Å². The molecule has 2 heterocycles. The second-order valence-corrected chi connectivity index (χ2v) is 9.58. The zero-order valence-electron chi connectivity index (χ0n) is 19.3. The topological polar surface area (TPSA) is 75.1 Å². The smallest absolute Gasteiger partial charge is 0.393 e. The minimum atomic E-state index is -4.42. The number of benzene rings is 2. The lowest BCUT2D eigenvalue weighted by atomic mass is 10.1. The molecule has 194 valence electrons. The average molecular weight is 526 g/mol.